The van der Waals surface area contributed by atoms with Gasteiger partial charge in [0.15, 0.2) is 0 Å². The van der Waals surface area contributed by atoms with E-state index in [1.54, 1.807) is 0 Å². The number of halogens is 1. The Morgan fingerprint density at radius 1 is 1.35 bits per heavy atom. The zero-order valence-corrected chi connectivity index (χ0v) is 13.4. The van der Waals surface area contributed by atoms with Gasteiger partial charge in [0.25, 0.3) is 5.91 Å². The summed E-state index contributed by atoms with van der Waals surface area (Å²) >= 11 is 3.37. The molecule has 0 aliphatic rings. The van der Waals surface area contributed by atoms with Gasteiger partial charge in [-0.25, -0.2) is 0 Å². The first-order chi connectivity index (χ1) is 9.31. The van der Waals surface area contributed by atoms with Crippen molar-refractivity contribution in [2.75, 3.05) is 0 Å². The van der Waals surface area contributed by atoms with Crippen molar-refractivity contribution in [2.24, 2.45) is 0 Å². The third-order valence-corrected chi connectivity index (χ3v) is 2.85. The number of nitrogens with zero attached hydrogens (tertiary/aromatic N) is 1. The van der Waals surface area contributed by atoms with Crippen LogP contribution in [-0.4, -0.2) is 11.4 Å². The number of nitrogens with one attached hydrogen (secondary N) is 2. The molecule has 0 bridgehead atoms. The molecule has 0 radical (unpaired) electrons. The molecule has 2 N–H and O–H groups in total. The van der Waals surface area contributed by atoms with E-state index in [0.29, 0.717) is 6.54 Å². The predicted octanol–water partition coefficient (Wildman–Crippen LogP) is 2.86. The second-order valence-electron chi connectivity index (χ2n) is 5.38. The fourth-order valence-electron chi connectivity index (χ4n) is 1.43. The van der Waals surface area contributed by atoms with Crippen LogP contribution in [0.5, 0.6) is 0 Å². The molecule has 0 fully saturated rings. The van der Waals surface area contributed by atoms with E-state index in [1.807, 2.05) is 51.1 Å². The number of benzene rings is 1. The first kappa shape index (κ1) is 16.3. The van der Waals surface area contributed by atoms with Crippen LogP contribution in [0.25, 0.3) is 0 Å². The standard InChI is InChI=1S/C15H18BrN3O/c1-15(2,3)19-14(20)12(8-17)10-18-9-11-4-6-13(16)7-5-11/h4-7,10,18H,9H2,1-3H3,(H,19,20)/b12-10-. The van der Waals surface area contributed by atoms with Gasteiger partial charge in [0, 0.05) is 22.8 Å². The lowest BCUT2D eigenvalue weighted by molar-refractivity contribution is -0.118. The zero-order chi connectivity index (χ0) is 15.2. The minimum absolute atomic E-state index is 0.0667. The first-order valence-electron chi connectivity index (χ1n) is 6.22. The van der Waals surface area contributed by atoms with Gasteiger partial charge < -0.3 is 10.6 Å². The fraction of sp³-hybridized carbons (Fsp3) is 0.333. The minimum Gasteiger partial charge on any atom is -0.386 e. The summed E-state index contributed by atoms with van der Waals surface area (Å²) in [5.74, 6) is -0.372. The third-order valence-electron chi connectivity index (χ3n) is 2.32. The molecule has 0 unspecified atom stereocenters. The number of carbonyl (C=O) groups is 1. The molecule has 5 heteroatoms. The lowest BCUT2D eigenvalue weighted by atomic mass is 10.1. The molecular weight excluding hydrogens is 318 g/mol. The van der Waals surface area contributed by atoms with Gasteiger partial charge in [-0.2, -0.15) is 5.26 Å². The molecule has 0 spiro atoms. The van der Waals surface area contributed by atoms with Crippen molar-refractivity contribution in [1.29, 1.82) is 5.26 Å². The second kappa shape index (κ2) is 7.11. The zero-order valence-electron chi connectivity index (χ0n) is 11.8. The summed E-state index contributed by atoms with van der Waals surface area (Å²) in [5, 5.41) is 14.7. The first-order valence-corrected chi connectivity index (χ1v) is 7.02. The quantitative estimate of drug-likeness (QED) is 0.656. The molecule has 4 nitrogen and oxygen atoms in total. The summed E-state index contributed by atoms with van der Waals surface area (Å²) in [7, 11) is 0. The van der Waals surface area contributed by atoms with Crippen molar-refractivity contribution in [3.05, 3.63) is 46.1 Å². The van der Waals surface area contributed by atoms with Crippen LogP contribution in [0.4, 0.5) is 0 Å². The fourth-order valence-corrected chi connectivity index (χ4v) is 1.69. The smallest absolute Gasteiger partial charge is 0.263 e. The molecule has 1 rings (SSSR count). The largest absolute Gasteiger partial charge is 0.386 e. The van der Waals surface area contributed by atoms with E-state index in [9.17, 15) is 4.79 Å². The van der Waals surface area contributed by atoms with Crippen molar-refractivity contribution in [1.82, 2.24) is 10.6 Å². The maximum Gasteiger partial charge on any atom is 0.263 e. The molecule has 0 aromatic heterocycles. The van der Waals surface area contributed by atoms with Crippen LogP contribution in [0.1, 0.15) is 26.3 Å². The average molecular weight is 336 g/mol. The monoisotopic (exact) mass is 335 g/mol. The van der Waals surface area contributed by atoms with Crippen molar-refractivity contribution < 1.29 is 4.79 Å². The predicted molar refractivity (Wildman–Crippen MR) is 82.6 cm³/mol. The maximum atomic E-state index is 11.8. The summed E-state index contributed by atoms with van der Waals surface area (Å²) in [6, 6.07) is 9.71. The van der Waals surface area contributed by atoms with Crippen LogP contribution < -0.4 is 10.6 Å². The Labute approximate surface area is 128 Å². The van der Waals surface area contributed by atoms with Gasteiger partial charge >= 0.3 is 0 Å². The van der Waals surface area contributed by atoms with E-state index in [0.717, 1.165) is 10.0 Å². The molecular formula is C15H18BrN3O. The molecule has 0 atom stereocenters. The summed E-state index contributed by atoms with van der Waals surface area (Å²) in [6.07, 6.45) is 1.45. The van der Waals surface area contributed by atoms with E-state index in [-0.39, 0.29) is 17.0 Å². The Morgan fingerprint density at radius 3 is 2.45 bits per heavy atom. The van der Waals surface area contributed by atoms with E-state index >= 15 is 0 Å². The molecule has 0 heterocycles. The highest BCUT2D eigenvalue weighted by molar-refractivity contribution is 9.10. The van der Waals surface area contributed by atoms with Gasteiger partial charge in [0.05, 0.1) is 0 Å². The van der Waals surface area contributed by atoms with Crippen molar-refractivity contribution in [3.63, 3.8) is 0 Å². The van der Waals surface area contributed by atoms with Crippen LogP contribution in [0.2, 0.25) is 0 Å². The van der Waals surface area contributed by atoms with Crippen LogP contribution >= 0.6 is 15.9 Å². The van der Waals surface area contributed by atoms with Gasteiger partial charge in [0.2, 0.25) is 0 Å². The van der Waals surface area contributed by atoms with Crippen molar-refractivity contribution >= 4 is 21.8 Å². The summed E-state index contributed by atoms with van der Waals surface area (Å²) in [5.41, 5.74) is 0.772. The van der Waals surface area contributed by atoms with E-state index < -0.39 is 0 Å². The number of hydrogen-bond acceptors (Lipinski definition) is 3. The highest BCUT2D eigenvalue weighted by atomic mass is 79.9. The Hall–Kier alpha value is -1.80. The highest BCUT2D eigenvalue weighted by Crippen LogP contribution is 2.10. The summed E-state index contributed by atoms with van der Waals surface area (Å²) in [4.78, 5) is 11.8. The Bertz CT molecular complexity index is 536. The van der Waals surface area contributed by atoms with Crippen molar-refractivity contribution in [2.45, 2.75) is 32.9 Å². The van der Waals surface area contributed by atoms with Crippen LogP contribution in [0, 0.1) is 11.3 Å². The molecule has 0 aliphatic carbocycles. The molecule has 1 aromatic rings. The van der Waals surface area contributed by atoms with Gasteiger partial charge in [0.1, 0.15) is 11.6 Å². The summed E-state index contributed by atoms with van der Waals surface area (Å²) in [6.45, 7) is 6.17. The van der Waals surface area contributed by atoms with Gasteiger partial charge in [-0.05, 0) is 38.5 Å². The molecule has 0 saturated carbocycles. The lowest BCUT2D eigenvalue weighted by Gasteiger charge is -2.20. The second-order valence-corrected chi connectivity index (χ2v) is 6.30. The number of hydrogen-bond donors (Lipinski definition) is 2. The Balaban J connectivity index is 2.60. The van der Waals surface area contributed by atoms with Crippen LogP contribution in [0.15, 0.2) is 40.5 Å². The van der Waals surface area contributed by atoms with Crippen LogP contribution in [0.3, 0.4) is 0 Å². The number of carbonyl (C=O) groups excluding carboxylic acids is 1. The molecule has 0 saturated heterocycles. The maximum absolute atomic E-state index is 11.8. The summed E-state index contributed by atoms with van der Waals surface area (Å²) < 4.78 is 1.01. The molecule has 106 valence electrons. The molecule has 20 heavy (non-hydrogen) atoms. The highest BCUT2D eigenvalue weighted by Gasteiger charge is 2.16. The molecule has 0 aliphatic heterocycles. The van der Waals surface area contributed by atoms with Crippen LogP contribution in [-0.2, 0) is 11.3 Å². The normalized spacial score (nSPS) is 11.7. The lowest BCUT2D eigenvalue weighted by Crippen LogP contribution is -2.41. The van der Waals surface area contributed by atoms with E-state index in [1.165, 1.54) is 6.20 Å². The van der Waals surface area contributed by atoms with Gasteiger partial charge in [-0.1, -0.05) is 28.1 Å². The van der Waals surface area contributed by atoms with Crippen molar-refractivity contribution in [3.8, 4) is 6.07 Å². The van der Waals surface area contributed by atoms with E-state index in [4.69, 9.17) is 5.26 Å². The number of nitriles is 1. The third kappa shape index (κ3) is 5.89. The number of amides is 1. The molecule has 1 amide bonds. The Kier molecular flexibility index (Phi) is 5.78. The SMILES string of the molecule is CC(C)(C)NC(=O)/C(C#N)=C\NCc1ccc(Br)cc1. The Morgan fingerprint density at radius 2 is 1.95 bits per heavy atom. The van der Waals surface area contributed by atoms with E-state index in [2.05, 4.69) is 26.6 Å². The molecule has 1 aromatic carbocycles. The minimum atomic E-state index is -0.372. The van der Waals surface area contributed by atoms with Gasteiger partial charge in [-0.3, -0.25) is 4.79 Å². The topological polar surface area (TPSA) is 64.9 Å². The van der Waals surface area contributed by atoms with Gasteiger partial charge in [-0.15, -0.1) is 0 Å². The average Bonchev–Trinajstić information content (AvgIpc) is 2.34. The number of rotatable bonds is 4.